The van der Waals surface area contributed by atoms with Crippen LogP contribution >= 0.6 is 15.9 Å². The first kappa shape index (κ1) is 23.5. The molecule has 33 heavy (non-hydrogen) atoms. The molecule has 1 aromatic heterocycles. The van der Waals surface area contributed by atoms with Gasteiger partial charge in [0.05, 0.1) is 11.3 Å². The zero-order valence-corrected chi connectivity index (χ0v) is 21.0. The van der Waals surface area contributed by atoms with Gasteiger partial charge in [-0.05, 0) is 57.4 Å². The highest BCUT2D eigenvalue weighted by Crippen LogP contribution is 2.45. The van der Waals surface area contributed by atoms with Gasteiger partial charge in [-0.25, -0.2) is 19.6 Å². The number of ether oxygens (including phenoxy) is 2. The molecular weight excluding hydrogens is 488 g/mol. The smallest absolute Gasteiger partial charge is 0.410 e. The van der Waals surface area contributed by atoms with Crippen molar-refractivity contribution < 1.29 is 19.1 Å². The van der Waals surface area contributed by atoms with Crippen molar-refractivity contribution in [1.29, 1.82) is 0 Å². The van der Waals surface area contributed by atoms with E-state index in [9.17, 15) is 9.59 Å². The Bertz CT molecular complexity index is 1030. The van der Waals surface area contributed by atoms with E-state index in [1.54, 1.807) is 17.0 Å². The Labute approximate surface area is 202 Å². The second kappa shape index (κ2) is 9.29. The highest BCUT2D eigenvalue weighted by atomic mass is 79.9. The molecule has 2 aromatic rings. The maximum Gasteiger partial charge on any atom is 0.410 e. The second-order valence-corrected chi connectivity index (χ2v) is 10.4. The predicted molar refractivity (Wildman–Crippen MR) is 127 cm³/mol. The fourth-order valence-corrected chi connectivity index (χ4v) is 4.51. The molecule has 2 heterocycles. The van der Waals surface area contributed by atoms with Crippen molar-refractivity contribution in [3.05, 3.63) is 51.9 Å². The van der Waals surface area contributed by atoms with Crippen molar-refractivity contribution in [3.8, 4) is 0 Å². The number of halogens is 1. The topological polar surface area (TPSA) is 84.9 Å². The molecule has 1 saturated heterocycles. The fraction of sp³-hybridized carbons (Fsp3) is 0.500. The summed E-state index contributed by atoms with van der Waals surface area (Å²) in [6.07, 6.45) is 1.51. The van der Waals surface area contributed by atoms with E-state index < -0.39 is 11.7 Å². The van der Waals surface area contributed by atoms with E-state index in [-0.39, 0.29) is 18.0 Å². The first-order valence-electron chi connectivity index (χ1n) is 11.2. The van der Waals surface area contributed by atoms with Gasteiger partial charge in [0.2, 0.25) is 0 Å². The number of rotatable bonds is 3. The summed E-state index contributed by atoms with van der Waals surface area (Å²) in [6, 6.07) is 7.11. The molecule has 0 unspecified atom stereocenters. The summed E-state index contributed by atoms with van der Waals surface area (Å²) in [5.74, 6) is 0.653. The fourth-order valence-electron chi connectivity index (χ4n) is 4.25. The molecule has 0 bridgehead atoms. The summed E-state index contributed by atoms with van der Waals surface area (Å²) in [6.45, 7) is 10.1. The van der Waals surface area contributed by atoms with Crippen LogP contribution in [0.3, 0.4) is 0 Å². The van der Waals surface area contributed by atoms with Crippen LogP contribution in [0.25, 0.3) is 0 Å². The van der Waals surface area contributed by atoms with Crippen LogP contribution in [0, 0.1) is 0 Å². The van der Waals surface area contributed by atoms with Gasteiger partial charge >= 0.3 is 12.1 Å². The lowest BCUT2D eigenvalue weighted by Crippen LogP contribution is -2.50. The number of piperazine rings is 1. The summed E-state index contributed by atoms with van der Waals surface area (Å²) in [5.41, 5.74) is 1.79. The van der Waals surface area contributed by atoms with Crippen molar-refractivity contribution in [2.75, 3.05) is 31.1 Å². The second-order valence-electron chi connectivity index (χ2n) is 9.49. The van der Waals surface area contributed by atoms with Crippen LogP contribution in [0.5, 0.6) is 0 Å². The van der Waals surface area contributed by atoms with Gasteiger partial charge < -0.3 is 19.3 Å². The molecule has 4 rings (SSSR count). The Morgan fingerprint density at radius 2 is 1.73 bits per heavy atom. The van der Waals surface area contributed by atoms with E-state index in [1.807, 2.05) is 32.9 Å². The first-order chi connectivity index (χ1) is 15.6. The number of nitrogens with zero attached hydrogens (tertiary/aromatic N) is 4. The number of carbonyl (C=O) groups is 2. The van der Waals surface area contributed by atoms with Crippen molar-refractivity contribution in [2.45, 2.75) is 51.7 Å². The zero-order chi connectivity index (χ0) is 23.8. The van der Waals surface area contributed by atoms with Gasteiger partial charge in [-0.2, -0.15) is 0 Å². The van der Waals surface area contributed by atoms with Crippen LogP contribution in [-0.4, -0.2) is 58.7 Å². The highest BCUT2D eigenvalue weighted by molar-refractivity contribution is 9.10. The molecule has 1 aliphatic heterocycles. The van der Waals surface area contributed by atoms with Crippen LogP contribution in [0.2, 0.25) is 0 Å². The molecule has 0 N–H and O–H groups in total. The van der Waals surface area contributed by atoms with Gasteiger partial charge in [0, 0.05) is 36.2 Å². The van der Waals surface area contributed by atoms with Gasteiger partial charge in [-0.3, -0.25) is 0 Å². The van der Waals surface area contributed by atoms with Crippen molar-refractivity contribution in [1.82, 2.24) is 14.9 Å². The lowest BCUT2D eigenvalue weighted by Gasteiger charge is -2.37. The first-order valence-corrected chi connectivity index (χ1v) is 12.0. The molecular formula is C24H29BrN4O4. The number of carbonyl (C=O) groups excluding carboxylic acids is 2. The summed E-state index contributed by atoms with van der Waals surface area (Å²) >= 11 is 3.38. The largest absolute Gasteiger partial charge is 0.452 e. The van der Waals surface area contributed by atoms with Crippen molar-refractivity contribution >= 4 is 33.8 Å². The maximum atomic E-state index is 12.7. The van der Waals surface area contributed by atoms with Crippen molar-refractivity contribution in [3.63, 3.8) is 0 Å². The summed E-state index contributed by atoms with van der Waals surface area (Å²) in [5, 5.41) is 0. The van der Waals surface area contributed by atoms with E-state index >= 15 is 0 Å². The molecule has 1 aliphatic carbocycles. The minimum atomic E-state index is -0.514. The molecule has 8 nitrogen and oxygen atoms in total. The summed E-state index contributed by atoms with van der Waals surface area (Å²) < 4.78 is 12.2. The Balaban J connectivity index is 1.46. The number of amides is 1. The van der Waals surface area contributed by atoms with E-state index in [2.05, 4.69) is 37.7 Å². The van der Waals surface area contributed by atoms with Crippen molar-refractivity contribution in [2.24, 2.45) is 0 Å². The number of anilines is 1. The third-order valence-corrected chi connectivity index (χ3v) is 6.35. The quantitative estimate of drug-likeness (QED) is 0.546. The van der Waals surface area contributed by atoms with Gasteiger partial charge in [-0.1, -0.05) is 22.9 Å². The van der Waals surface area contributed by atoms with Gasteiger partial charge in [0.25, 0.3) is 0 Å². The van der Waals surface area contributed by atoms with Crippen LogP contribution in [0.4, 0.5) is 10.6 Å². The van der Waals surface area contributed by atoms with Gasteiger partial charge in [0.15, 0.2) is 0 Å². The van der Waals surface area contributed by atoms with E-state index in [0.717, 1.165) is 21.5 Å². The SMILES string of the molecule is C[C@@H]1C[C@@H](OC(=O)c2ccc(Br)cc2)c2ncnc(N3CCN(C(=O)OC(C)(C)C)CC3)c21. The van der Waals surface area contributed by atoms with Crippen LogP contribution in [-0.2, 0) is 9.47 Å². The average Bonchev–Trinajstić information content (AvgIpc) is 3.08. The minimum Gasteiger partial charge on any atom is -0.452 e. The zero-order valence-electron chi connectivity index (χ0n) is 19.4. The third-order valence-electron chi connectivity index (χ3n) is 5.82. The molecule has 0 radical (unpaired) electrons. The molecule has 1 amide bonds. The van der Waals surface area contributed by atoms with Gasteiger partial charge in [-0.15, -0.1) is 0 Å². The molecule has 0 saturated carbocycles. The molecule has 2 atom stereocenters. The normalized spacial score (nSPS) is 20.4. The van der Waals surface area contributed by atoms with E-state index in [0.29, 0.717) is 38.2 Å². The standard InChI is InChI=1S/C24H29BrN4O4/c1-15-13-18(32-22(30)16-5-7-17(25)8-6-16)20-19(15)21(27-14-26-20)28-9-11-29(12-10-28)23(31)33-24(2,3)4/h5-8,14-15,18H,9-13H2,1-4H3/t15-,18-/m1/s1. The summed E-state index contributed by atoms with van der Waals surface area (Å²) in [4.78, 5) is 38.0. The number of esters is 1. The minimum absolute atomic E-state index is 0.155. The molecule has 1 fully saturated rings. The third kappa shape index (κ3) is 5.29. The van der Waals surface area contributed by atoms with E-state index in [1.165, 1.54) is 6.33 Å². The van der Waals surface area contributed by atoms with E-state index in [4.69, 9.17) is 9.47 Å². The Kier molecular flexibility index (Phi) is 6.61. The molecule has 2 aliphatic rings. The Hall–Kier alpha value is -2.68. The number of benzene rings is 1. The Morgan fingerprint density at radius 1 is 1.06 bits per heavy atom. The molecule has 176 valence electrons. The van der Waals surface area contributed by atoms with Gasteiger partial charge in [0.1, 0.15) is 23.9 Å². The predicted octanol–water partition coefficient (Wildman–Crippen LogP) is 4.70. The maximum absolute atomic E-state index is 12.7. The molecule has 1 aromatic carbocycles. The lowest BCUT2D eigenvalue weighted by molar-refractivity contribution is 0.0238. The number of hydrogen-bond donors (Lipinski definition) is 0. The highest BCUT2D eigenvalue weighted by Gasteiger charge is 2.37. The lowest BCUT2D eigenvalue weighted by atomic mass is 10.1. The Morgan fingerprint density at radius 3 is 2.36 bits per heavy atom. The van der Waals surface area contributed by atoms with Crippen LogP contribution < -0.4 is 4.90 Å². The number of aromatic nitrogens is 2. The molecule has 0 spiro atoms. The van der Waals surface area contributed by atoms with Crippen LogP contribution in [0.1, 0.15) is 67.8 Å². The number of hydrogen-bond acceptors (Lipinski definition) is 7. The monoisotopic (exact) mass is 516 g/mol. The van der Waals surface area contributed by atoms with Crippen LogP contribution in [0.15, 0.2) is 35.1 Å². The number of fused-ring (bicyclic) bond motifs is 1. The average molecular weight is 517 g/mol. The summed E-state index contributed by atoms with van der Waals surface area (Å²) in [7, 11) is 0. The molecule has 9 heteroatoms.